The third-order valence-electron chi connectivity index (χ3n) is 5.29. The lowest BCUT2D eigenvalue weighted by atomic mass is 10.0. The van der Waals surface area contributed by atoms with E-state index in [-0.39, 0.29) is 17.7 Å². The minimum atomic E-state index is -0.712. The molecule has 166 valence electrons. The van der Waals surface area contributed by atoms with Crippen LogP contribution in [0.5, 0.6) is 17.2 Å². The summed E-state index contributed by atoms with van der Waals surface area (Å²) in [7, 11) is 0. The third-order valence-corrected chi connectivity index (χ3v) is 5.29. The molecule has 0 aliphatic rings. The summed E-state index contributed by atoms with van der Waals surface area (Å²) in [5, 5.41) is 30.7. The van der Waals surface area contributed by atoms with E-state index in [2.05, 4.69) is 11.9 Å². The second-order valence-electron chi connectivity index (χ2n) is 8.14. The number of para-hydroxylation sites is 1. The van der Waals surface area contributed by atoms with Gasteiger partial charge in [-0.25, -0.2) is 0 Å². The van der Waals surface area contributed by atoms with Crippen LogP contribution in [0.15, 0.2) is 47.3 Å². The van der Waals surface area contributed by atoms with Crippen LogP contribution in [-0.4, -0.2) is 32.5 Å². The predicted molar refractivity (Wildman–Crippen MR) is 122 cm³/mol. The highest BCUT2D eigenvalue weighted by molar-refractivity contribution is 5.86. The van der Waals surface area contributed by atoms with E-state index in [9.17, 15) is 20.1 Å². The Morgan fingerprint density at radius 2 is 1.81 bits per heavy atom. The molecule has 0 fully saturated rings. The molecule has 6 heteroatoms. The highest BCUT2D eigenvalue weighted by Crippen LogP contribution is 2.34. The standard InChI is InChI=1S/C25H31NO5/c1-3-4-5-9-18-12-19-14-21(29)15-23(24(19)26-25(18)30)31-22-10-7-6-8-17(22)13-20(28)11-16(2)27/h6-8,10,12,14-16,20,27-29H,3-5,9,11,13H2,1-2H3,(H,26,30). The summed E-state index contributed by atoms with van der Waals surface area (Å²) >= 11 is 0. The van der Waals surface area contributed by atoms with Crippen LogP contribution in [0.25, 0.3) is 10.9 Å². The molecule has 3 rings (SSSR count). The van der Waals surface area contributed by atoms with Crippen LogP contribution in [0.4, 0.5) is 0 Å². The van der Waals surface area contributed by atoms with Gasteiger partial charge in [-0.05, 0) is 49.9 Å². The maximum absolute atomic E-state index is 12.6. The number of aromatic amines is 1. The second-order valence-corrected chi connectivity index (χ2v) is 8.14. The van der Waals surface area contributed by atoms with Gasteiger partial charge >= 0.3 is 0 Å². The number of ether oxygens (including phenoxy) is 1. The number of aromatic nitrogens is 1. The van der Waals surface area contributed by atoms with Crippen LogP contribution in [0.2, 0.25) is 0 Å². The first-order valence-corrected chi connectivity index (χ1v) is 10.9. The van der Waals surface area contributed by atoms with Crippen LogP contribution < -0.4 is 10.3 Å². The molecule has 0 bridgehead atoms. The fraction of sp³-hybridized carbons (Fsp3) is 0.400. The number of hydrogen-bond acceptors (Lipinski definition) is 5. The zero-order valence-corrected chi connectivity index (χ0v) is 18.1. The number of pyridine rings is 1. The Kier molecular flexibility index (Phi) is 7.71. The van der Waals surface area contributed by atoms with Crippen LogP contribution in [-0.2, 0) is 12.8 Å². The van der Waals surface area contributed by atoms with E-state index in [0.717, 1.165) is 24.8 Å². The molecule has 2 atom stereocenters. The monoisotopic (exact) mass is 425 g/mol. The van der Waals surface area contributed by atoms with Crippen molar-refractivity contribution in [2.75, 3.05) is 0 Å². The first-order valence-electron chi connectivity index (χ1n) is 10.9. The van der Waals surface area contributed by atoms with Gasteiger partial charge in [-0.15, -0.1) is 0 Å². The second kappa shape index (κ2) is 10.5. The SMILES string of the molecule is CCCCCc1cc2cc(O)cc(Oc3ccccc3CC(O)CC(C)O)c2[nH]c1=O. The summed E-state index contributed by atoms with van der Waals surface area (Å²) in [6.45, 7) is 3.75. The topological polar surface area (TPSA) is 103 Å². The van der Waals surface area contributed by atoms with Gasteiger partial charge in [0.25, 0.3) is 5.56 Å². The normalized spacial score (nSPS) is 13.3. The fourth-order valence-corrected chi connectivity index (χ4v) is 3.77. The van der Waals surface area contributed by atoms with E-state index >= 15 is 0 Å². The lowest BCUT2D eigenvalue weighted by Crippen LogP contribution is -2.17. The largest absolute Gasteiger partial charge is 0.508 e. The molecule has 0 amide bonds. The maximum Gasteiger partial charge on any atom is 0.251 e. The van der Waals surface area contributed by atoms with Gasteiger partial charge in [0.1, 0.15) is 11.5 Å². The van der Waals surface area contributed by atoms with E-state index < -0.39 is 12.2 Å². The molecule has 0 radical (unpaired) electrons. The summed E-state index contributed by atoms with van der Waals surface area (Å²) < 4.78 is 6.10. The van der Waals surface area contributed by atoms with Crippen LogP contribution >= 0.6 is 0 Å². The van der Waals surface area contributed by atoms with Crippen LogP contribution in [0.3, 0.4) is 0 Å². The Balaban J connectivity index is 1.93. The molecular weight excluding hydrogens is 394 g/mol. The predicted octanol–water partition coefficient (Wildman–Crippen LogP) is 4.43. The Labute approximate surface area is 182 Å². The summed E-state index contributed by atoms with van der Waals surface area (Å²) in [5.41, 5.74) is 1.82. The van der Waals surface area contributed by atoms with Crippen molar-refractivity contribution < 1.29 is 20.1 Å². The zero-order valence-electron chi connectivity index (χ0n) is 18.1. The summed E-state index contributed by atoms with van der Waals surface area (Å²) in [5.74, 6) is 0.900. The van der Waals surface area contributed by atoms with Gasteiger partial charge in [0.15, 0.2) is 5.75 Å². The summed E-state index contributed by atoms with van der Waals surface area (Å²) in [6.07, 6.45) is 3.03. The van der Waals surface area contributed by atoms with E-state index in [4.69, 9.17) is 4.74 Å². The maximum atomic E-state index is 12.6. The number of benzene rings is 2. The Morgan fingerprint density at radius 1 is 1.03 bits per heavy atom. The van der Waals surface area contributed by atoms with Gasteiger partial charge in [0.2, 0.25) is 0 Å². The quantitative estimate of drug-likeness (QED) is 0.360. The van der Waals surface area contributed by atoms with Gasteiger partial charge < -0.3 is 25.0 Å². The molecule has 1 heterocycles. The summed E-state index contributed by atoms with van der Waals surface area (Å²) in [6, 6.07) is 12.2. The van der Waals surface area contributed by atoms with Gasteiger partial charge in [0, 0.05) is 23.4 Å². The fourth-order valence-electron chi connectivity index (χ4n) is 3.77. The number of nitrogens with one attached hydrogen (secondary N) is 1. The van der Waals surface area contributed by atoms with Crippen molar-refractivity contribution in [3.05, 3.63) is 63.9 Å². The number of unbranched alkanes of at least 4 members (excludes halogenated alkanes) is 2. The number of aromatic hydroxyl groups is 1. The van der Waals surface area contributed by atoms with Gasteiger partial charge in [-0.2, -0.15) is 0 Å². The van der Waals surface area contributed by atoms with Crippen molar-refractivity contribution in [3.63, 3.8) is 0 Å². The Morgan fingerprint density at radius 3 is 2.55 bits per heavy atom. The van der Waals surface area contributed by atoms with Gasteiger partial charge in [0.05, 0.1) is 17.7 Å². The van der Waals surface area contributed by atoms with Crippen molar-refractivity contribution in [2.24, 2.45) is 0 Å². The average Bonchev–Trinajstić information content (AvgIpc) is 2.70. The number of aliphatic hydroxyl groups is 2. The highest BCUT2D eigenvalue weighted by atomic mass is 16.5. The molecule has 0 aliphatic heterocycles. The molecule has 6 nitrogen and oxygen atoms in total. The number of aliphatic hydroxyl groups excluding tert-OH is 2. The number of rotatable bonds is 10. The van der Waals surface area contributed by atoms with E-state index in [1.54, 1.807) is 19.1 Å². The highest BCUT2D eigenvalue weighted by Gasteiger charge is 2.15. The molecule has 0 saturated heterocycles. The van der Waals surface area contributed by atoms with Crippen molar-refractivity contribution in [1.29, 1.82) is 0 Å². The van der Waals surface area contributed by atoms with E-state index in [0.29, 0.717) is 40.8 Å². The number of hydrogen-bond donors (Lipinski definition) is 4. The minimum Gasteiger partial charge on any atom is -0.508 e. The van der Waals surface area contributed by atoms with Crippen molar-refractivity contribution in [1.82, 2.24) is 4.98 Å². The smallest absolute Gasteiger partial charge is 0.251 e. The van der Waals surface area contributed by atoms with Gasteiger partial charge in [-0.3, -0.25) is 4.79 Å². The molecule has 4 N–H and O–H groups in total. The first kappa shape index (κ1) is 22.8. The Bertz CT molecular complexity index is 1070. The van der Waals surface area contributed by atoms with Crippen LogP contribution in [0.1, 0.15) is 50.7 Å². The minimum absolute atomic E-state index is 0.0423. The molecule has 2 unspecified atom stereocenters. The number of phenols is 1. The average molecular weight is 426 g/mol. The number of aryl methyl sites for hydroxylation is 1. The molecule has 0 aliphatic carbocycles. The van der Waals surface area contributed by atoms with Crippen molar-refractivity contribution >= 4 is 10.9 Å². The number of fused-ring (bicyclic) bond motifs is 1. The molecular formula is C25H31NO5. The molecule has 0 spiro atoms. The first-order chi connectivity index (χ1) is 14.9. The number of H-pyrrole nitrogens is 1. The molecule has 3 aromatic rings. The zero-order chi connectivity index (χ0) is 22.4. The Hall–Kier alpha value is -2.83. The van der Waals surface area contributed by atoms with E-state index in [1.807, 2.05) is 24.3 Å². The summed E-state index contributed by atoms with van der Waals surface area (Å²) in [4.78, 5) is 15.5. The van der Waals surface area contributed by atoms with E-state index in [1.165, 1.54) is 6.07 Å². The lowest BCUT2D eigenvalue weighted by molar-refractivity contribution is 0.0905. The lowest BCUT2D eigenvalue weighted by Gasteiger charge is -2.17. The molecule has 0 saturated carbocycles. The van der Waals surface area contributed by atoms with Gasteiger partial charge in [-0.1, -0.05) is 38.0 Å². The van der Waals surface area contributed by atoms with Crippen molar-refractivity contribution in [3.8, 4) is 17.2 Å². The third kappa shape index (κ3) is 6.09. The van der Waals surface area contributed by atoms with Crippen LogP contribution in [0, 0.1) is 0 Å². The van der Waals surface area contributed by atoms with Crippen molar-refractivity contribution in [2.45, 2.75) is 64.6 Å². The molecule has 31 heavy (non-hydrogen) atoms. The number of phenolic OH excluding ortho intramolecular Hbond substituents is 1. The molecule has 2 aromatic carbocycles. The molecule has 1 aromatic heterocycles.